The second kappa shape index (κ2) is 6.90. The molecule has 8 heteroatoms. The first-order valence-corrected chi connectivity index (χ1v) is 7.72. The van der Waals surface area contributed by atoms with Gasteiger partial charge in [-0.25, -0.2) is 9.37 Å². The Bertz CT molecular complexity index is 940. The number of carboxylic acids is 1. The molecule has 0 saturated heterocycles. The minimum atomic E-state index is -1.08. The summed E-state index contributed by atoms with van der Waals surface area (Å²) in [6.07, 6.45) is 1.17. The molecule has 0 aliphatic carbocycles. The van der Waals surface area contributed by atoms with E-state index in [0.717, 1.165) is 0 Å². The van der Waals surface area contributed by atoms with E-state index in [-0.39, 0.29) is 12.1 Å². The smallest absolute Gasteiger partial charge is 0.305 e. The Labute approximate surface area is 146 Å². The van der Waals surface area contributed by atoms with Gasteiger partial charge in [-0.05, 0) is 29.8 Å². The Kier molecular flexibility index (Phi) is 4.67. The van der Waals surface area contributed by atoms with Crippen LogP contribution in [0.5, 0.6) is 0 Å². The molecule has 0 saturated carbocycles. The summed E-state index contributed by atoms with van der Waals surface area (Å²) in [5.74, 6) is -2.01. The number of pyridine rings is 1. The average molecular weight is 362 g/mol. The van der Waals surface area contributed by atoms with Crippen molar-refractivity contribution in [1.82, 2.24) is 15.3 Å². The van der Waals surface area contributed by atoms with Gasteiger partial charge in [-0.2, -0.15) is 0 Å². The predicted molar refractivity (Wildman–Crippen MR) is 90.0 cm³/mol. The van der Waals surface area contributed by atoms with Gasteiger partial charge in [0.05, 0.1) is 24.2 Å². The van der Waals surface area contributed by atoms with E-state index in [1.807, 2.05) is 0 Å². The first-order valence-electron chi connectivity index (χ1n) is 7.35. The maximum absolute atomic E-state index is 13.1. The molecule has 0 spiro atoms. The van der Waals surface area contributed by atoms with Crippen molar-refractivity contribution in [2.45, 2.75) is 12.5 Å². The Morgan fingerprint density at radius 3 is 2.68 bits per heavy atom. The molecule has 0 fully saturated rings. The number of halogens is 2. The van der Waals surface area contributed by atoms with Crippen LogP contribution in [0.2, 0.25) is 5.15 Å². The lowest BCUT2D eigenvalue weighted by Crippen LogP contribution is -2.30. The molecule has 6 nitrogen and oxygen atoms in total. The third kappa shape index (κ3) is 3.95. The second-order valence-corrected chi connectivity index (χ2v) is 5.84. The van der Waals surface area contributed by atoms with Crippen LogP contribution in [-0.2, 0) is 4.79 Å². The SMILES string of the molecule is O=C(O)C[C@H](NC(=O)c1cc2cc(Cl)ncc2[nH]1)c1ccc(F)cc1. The van der Waals surface area contributed by atoms with Crippen molar-refractivity contribution in [2.24, 2.45) is 0 Å². The molecule has 0 bridgehead atoms. The molecule has 2 aromatic heterocycles. The van der Waals surface area contributed by atoms with Crippen LogP contribution in [0.1, 0.15) is 28.5 Å². The highest BCUT2D eigenvalue weighted by Crippen LogP contribution is 2.21. The zero-order valence-corrected chi connectivity index (χ0v) is 13.5. The second-order valence-electron chi connectivity index (χ2n) is 5.45. The van der Waals surface area contributed by atoms with Gasteiger partial charge >= 0.3 is 5.97 Å². The van der Waals surface area contributed by atoms with E-state index in [9.17, 15) is 14.0 Å². The zero-order chi connectivity index (χ0) is 18.0. The minimum absolute atomic E-state index is 0.247. The van der Waals surface area contributed by atoms with Gasteiger partial charge in [0.2, 0.25) is 0 Å². The van der Waals surface area contributed by atoms with Gasteiger partial charge in [-0.1, -0.05) is 23.7 Å². The molecule has 0 aliphatic rings. The molecule has 1 amide bonds. The third-order valence-corrected chi connectivity index (χ3v) is 3.88. The monoisotopic (exact) mass is 361 g/mol. The van der Waals surface area contributed by atoms with Crippen molar-refractivity contribution in [3.05, 3.63) is 64.8 Å². The van der Waals surface area contributed by atoms with E-state index < -0.39 is 23.7 Å². The largest absolute Gasteiger partial charge is 0.481 e. The maximum Gasteiger partial charge on any atom is 0.305 e. The number of hydrogen-bond acceptors (Lipinski definition) is 3. The fourth-order valence-electron chi connectivity index (χ4n) is 2.48. The highest BCUT2D eigenvalue weighted by Gasteiger charge is 2.20. The number of fused-ring (bicyclic) bond motifs is 1. The molecule has 0 radical (unpaired) electrons. The number of hydrogen-bond donors (Lipinski definition) is 3. The summed E-state index contributed by atoms with van der Waals surface area (Å²) in [5, 5.41) is 12.7. The lowest BCUT2D eigenvalue weighted by atomic mass is 10.0. The number of aliphatic carboxylic acids is 1. The molecule has 3 rings (SSSR count). The quantitative estimate of drug-likeness (QED) is 0.607. The van der Waals surface area contributed by atoms with Crippen LogP contribution in [0.4, 0.5) is 4.39 Å². The van der Waals surface area contributed by atoms with Gasteiger partial charge in [0.1, 0.15) is 16.7 Å². The van der Waals surface area contributed by atoms with Crippen LogP contribution in [0, 0.1) is 5.82 Å². The van der Waals surface area contributed by atoms with E-state index >= 15 is 0 Å². The number of amides is 1. The normalized spacial score (nSPS) is 12.1. The molecule has 3 aromatic rings. The molecule has 3 N–H and O–H groups in total. The number of carbonyl (C=O) groups is 2. The topological polar surface area (TPSA) is 95.1 Å². The molecule has 0 aliphatic heterocycles. The Balaban J connectivity index is 1.85. The number of carbonyl (C=O) groups excluding carboxylic acids is 1. The third-order valence-electron chi connectivity index (χ3n) is 3.67. The van der Waals surface area contributed by atoms with Crippen LogP contribution >= 0.6 is 11.6 Å². The molecule has 128 valence electrons. The summed E-state index contributed by atoms with van der Waals surface area (Å²) in [5.41, 5.74) is 1.38. The average Bonchev–Trinajstić information content (AvgIpc) is 2.97. The lowest BCUT2D eigenvalue weighted by Gasteiger charge is -2.17. The number of benzene rings is 1. The summed E-state index contributed by atoms with van der Waals surface area (Å²) in [6, 6.07) is 7.73. The predicted octanol–water partition coefficient (Wildman–Crippen LogP) is 3.30. The number of carboxylic acid groups (broad SMARTS) is 1. The van der Waals surface area contributed by atoms with E-state index in [4.69, 9.17) is 16.7 Å². The Morgan fingerprint density at radius 2 is 2.00 bits per heavy atom. The summed E-state index contributed by atoms with van der Waals surface area (Å²) in [6.45, 7) is 0. The van der Waals surface area contributed by atoms with Crippen LogP contribution < -0.4 is 5.32 Å². The molecular weight excluding hydrogens is 349 g/mol. The molecule has 2 heterocycles. The highest BCUT2D eigenvalue weighted by atomic mass is 35.5. The lowest BCUT2D eigenvalue weighted by molar-refractivity contribution is -0.137. The first kappa shape index (κ1) is 16.9. The van der Waals surface area contributed by atoms with Crippen molar-refractivity contribution in [2.75, 3.05) is 0 Å². The summed E-state index contributed by atoms with van der Waals surface area (Å²) >= 11 is 5.82. The minimum Gasteiger partial charge on any atom is -0.481 e. The van der Waals surface area contributed by atoms with Crippen molar-refractivity contribution in [3.8, 4) is 0 Å². The number of rotatable bonds is 5. The summed E-state index contributed by atoms with van der Waals surface area (Å²) < 4.78 is 13.1. The van der Waals surface area contributed by atoms with Crippen molar-refractivity contribution < 1.29 is 19.1 Å². The van der Waals surface area contributed by atoms with Crippen LogP contribution in [0.15, 0.2) is 42.6 Å². The van der Waals surface area contributed by atoms with Crippen LogP contribution in [-0.4, -0.2) is 27.0 Å². The van der Waals surface area contributed by atoms with Gasteiger partial charge in [0, 0.05) is 5.39 Å². The first-order chi connectivity index (χ1) is 11.9. The van der Waals surface area contributed by atoms with Gasteiger partial charge in [-0.3, -0.25) is 9.59 Å². The number of aromatic nitrogens is 2. The van der Waals surface area contributed by atoms with Crippen LogP contribution in [0.25, 0.3) is 10.9 Å². The zero-order valence-electron chi connectivity index (χ0n) is 12.8. The number of nitrogens with zero attached hydrogens (tertiary/aromatic N) is 1. The Hall–Kier alpha value is -2.93. The van der Waals surface area contributed by atoms with Crippen molar-refractivity contribution >= 4 is 34.4 Å². The van der Waals surface area contributed by atoms with Gasteiger partial charge < -0.3 is 15.4 Å². The van der Waals surface area contributed by atoms with Crippen molar-refractivity contribution in [1.29, 1.82) is 0 Å². The molecule has 1 atom stereocenters. The highest BCUT2D eigenvalue weighted by molar-refractivity contribution is 6.30. The van der Waals surface area contributed by atoms with E-state index in [0.29, 0.717) is 21.6 Å². The Morgan fingerprint density at radius 1 is 1.28 bits per heavy atom. The number of H-pyrrole nitrogens is 1. The summed E-state index contributed by atoms with van der Waals surface area (Å²) in [7, 11) is 0. The molecule has 25 heavy (non-hydrogen) atoms. The van der Waals surface area contributed by atoms with Crippen LogP contribution in [0.3, 0.4) is 0 Å². The standard InChI is InChI=1S/C17H13ClFN3O3/c18-15-6-10-5-13(21-14(10)8-20-15)17(25)22-12(7-16(23)24)9-1-3-11(19)4-2-9/h1-6,8,12,21H,7H2,(H,22,25)(H,23,24)/t12-/m0/s1. The number of nitrogens with one attached hydrogen (secondary N) is 2. The fourth-order valence-corrected chi connectivity index (χ4v) is 2.65. The van der Waals surface area contributed by atoms with Gasteiger partial charge in [0.25, 0.3) is 5.91 Å². The van der Waals surface area contributed by atoms with Crippen molar-refractivity contribution in [3.63, 3.8) is 0 Å². The van der Waals surface area contributed by atoms with E-state index in [2.05, 4.69) is 15.3 Å². The number of aromatic amines is 1. The van der Waals surface area contributed by atoms with Gasteiger partial charge in [0.15, 0.2) is 0 Å². The fraction of sp³-hybridized carbons (Fsp3) is 0.118. The molecule has 0 unspecified atom stereocenters. The van der Waals surface area contributed by atoms with E-state index in [1.54, 1.807) is 12.1 Å². The maximum atomic E-state index is 13.1. The molecular formula is C17H13ClFN3O3. The van der Waals surface area contributed by atoms with E-state index in [1.165, 1.54) is 30.5 Å². The molecule has 1 aromatic carbocycles. The summed E-state index contributed by atoms with van der Waals surface area (Å²) in [4.78, 5) is 30.4. The van der Waals surface area contributed by atoms with Gasteiger partial charge in [-0.15, -0.1) is 0 Å².